The standard InChI is InChI=1S/C24H42O3S.Li/c1-2-3-4-5-6-7-8-9-10-11-12-13-14-15-16-20-23-27-28(25,26)24-21-18-17-19-22-24;/h17-19,21-22H,2-16,20,23H2,1H3;. The fraction of sp³-hybridized carbons (Fsp3) is 0.750. The maximum absolute atomic E-state index is 12.0. The Morgan fingerprint density at radius 1 is 0.621 bits per heavy atom. The van der Waals surface area contributed by atoms with E-state index in [1.807, 2.05) is 0 Å². The van der Waals surface area contributed by atoms with Gasteiger partial charge in [-0.15, -0.1) is 0 Å². The maximum Gasteiger partial charge on any atom is 0.296 e. The first kappa shape index (κ1) is 28.7. The predicted octanol–water partition coefficient (Wildman–Crippen LogP) is 7.27. The van der Waals surface area contributed by atoms with Crippen LogP contribution in [-0.2, 0) is 14.3 Å². The van der Waals surface area contributed by atoms with Crippen LogP contribution in [0.2, 0.25) is 0 Å². The molecule has 0 unspecified atom stereocenters. The Labute approximate surface area is 192 Å². The average Bonchev–Trinajstić information content (AvgIpc) is 2.71. The van der Waals surface area contributed by atoms with Crippen molar-refractivity contribution in [2.24, 2.45) is 0 Å². The quantitative estimate of drug-likeness (QED) is 0.135. The molecule has 0 aliphatic carbocycles. The van der Waals surface area contributed by atoms with Crippen LogP contribution in [0.5, 0.6) is 0 Å². The number of rotatable bonds is 19. The van der Waals surface area contributed by atoms with E-state index in [1.54, 1.807) is 30.3 Å². The van der Waals surface area contributed by atoms with E-state index in [0.29, 0.717) is 0 Å². The van der Waals surface area contributed by atoms with Gasteiger partial charge in [-0.05, 0) is 18.6 Å². The maximum atomic E-state index is 12.0. The van der Waals surface area contributed by atoms with Crippen LogP contribution in [0.3, 0.4) is 0 Å². The van der Waals surface area contributed by atoms with Gasteiger partial charge in [0.05, 0.1) is 11.5 Å². The van der Waals surface area contributed by atoms with Crippen molar-refractivity contribution in [3.8, 4) is 0 Å². The molecule has 0 aliphatic rings. The van der Waals surface area contributed by atoms with Crippen molar-refractivity contribution < 1.29 is 12.6 Å². The van der Waals surface area contributed by atoms with Gasteiger partial charge in [-0.3, -0.25) is 4.18 Å². The van der Waals surface area contributed by atoms with Gasteiger partial charge in [0.25, 0.3) is 10.1 Å². The summed E-state index contributed by atoms with van der Waals surface area (Å²) in [6.45, 7) is 2.56. The summed E-state index contributed by atoms with van der Waals surface area (Å²) in [6.07, 6.45) is 20.9. The van der Waals surface area contributed by atoms with Crippen LogP contribution < -0.4 is 0 Å². The van der Waals surface area contributed by atoms with Crippen LogP contribution >= 0.6 is 0 Å². The molecule has 0 spiro atoms. The Kier molecular flexibility index (Phi) is 19.5. The van der Waals surface area contributed by atoms with Gasteiger partial charge in [0, 0.05) is 18.9 Å². The molecule has 0 bridgehead atoms. The first-order valence-electron chi connectivity index (χ1n) is 11.6. The zero-order valence-corrected chi connectivity index (χ0v) is 19.9. The van der Waals surface area contributed by atoms with Crippen LogP contribution in [-0.4, -0.2) is 33.9 Å². The Hall–Kier alpha value is -0.273. The van der Waals surface area contributed by atoms with Crippen molar-refractivity contribution in [3.05, 3.63) is 30.3 Å². The fourth-order valence-corrected chi connectivity index (χ4v) is 4.44. The second kappa shape index (κ2) is 19.7. The summed E-state index contributed by atoms with van der Waals surface area (Å²) in [5.41, 5.74) is 0. The predicted molar refractivity (Wildman–Crippen MR) is 125 cm³/mol. The van der Waals surface area contributed by atoms with Gasteiger partial charge in [-0.2, -0.15) is 8.42 Å². The third-order valence-corrected chi connectivity index (χ3v) is 6.59. The first-order chi connectivity index (χ1) is 13.7. The monoisotopic (exact) mass is 417 g/mol. The zero-order chi connectivity index (χ0) is 20.3. The van der Waals surface area contributed by atoms with Crippen LogP contribution in [0, 0.1) is 0 Å². The van der Waals surface area contributed by atoms with Crippen molar-refractivity contribution in [3.63, 3.8) is 0 Å². The van der Waals surface area contributed by atoms with Gasteiger partial charge in [0.2, 0.25) is 0 Å². The zero-order valence-electron chi connectivity index (χ0n) is 19.0. The molecule has 29 heavy (non-hydrogen) atoms. The van der Waals surface area contributed by atoms with E-state index in [1.165, 1.54) is 89.9 Å². The minimum Gasteiger partial charge on any atom is -0.266 e. The Balaban J connectivity index is 0.00000784. The molecule has 0 atom stereocenters. The number of benzene rings is 1. The molecule has 0 heterocycles. The van der Waals surface area contributed by atoms with Crippen LogP contribution in [0.25, 0.3) is 0 Å². The molecule has 1 aromatic carbocycles. The van der Waals surface area contributed by atoms with Crippen molar-refractivity contribution in [1.82, 2.24) is 0 Å². The van der Waals surface area contributed by atoms with Gasteiger partial charge in [0.15, 0.2) is 0 Å². The van der Waals surface area contributed by atoms with Gasteiger partial charge in [0.1, 0.15) is 0 Å². The molecule has 0 N–H and O–H groups in total. The van der Waals surface area contributed by atoms with Gasteiger partial charge in [-0.25, -0.2) is 0 Å². The average molecular weight is 418 g/mol. The molecule has 0 fully saturated rings. The molecule has 0 saturated carbocycles. The second-order valence-electron chi connectivity index (χ2n) is 7.89. The molecule has 0 aliphatic heterocycles. The third kappa shape index (κ3) is 16.1. The van der Waals surface area contributed by atoms with Crippen molar-refractivity contribution in [2.75, 3.05) is 6.61 Å². The fourth-order valence-electron chi connectivity index (χ4n) is 3.47. The van der Waals surface area contributed by atoms with Crippen molar-refractivity contribution >= 4 is 29.0 Å². The van der Waals surface area contributed by atoms with Crippen LogP contribution in [0.1, 0.15) is 110 Å². The van der Waals surface area contributed by atoms with Gasteiger partial charge >= 0.3 is 0 Å². The smallest absolute Gasteiger partial charge is 0.266 e. The topological polar surface area (TPSA) is 43.4 Å². The van der Waals surface area contributed by atoms with E-state index < -0.39 is 10.1 Å². The summed E-state index contributed by atoms with van der Waals surface area (Å²) in [6, 6.07) is 8.37. The van der Waals surface area contributed by atoms with E-state index in [9.17, 15) is 8.42 Å². The van der Waals surface area contributed by atoms with Crippen LogP contribution in [0.4, 0.5) is 0 Å². The molecule has 5 heteroatoms. The Morgan fingerprint density at radius 3 is 1.41 bits per heavy atom. The van der Waals surface area contributed by atoms with E-state index in [0.717, 1.165) is 12.8 Å². The molecule has 0 amide bonds. The molecule has 0 saturated heterocycles. The molecule has 1 aromatic rings. The van der Waals surface area contributed by atoms with Crippen LogP contribution in [0.15, 0.2) is 35.2 Å². The number of hydrogen-bond donors (Lipinski definition) is 0. The summed E-state index contributed by atoms with van der Waals surface area (Å²) in [4.78, 5) is 0.242. The number of unbranched alkanes of at least 4 members (excludes halogenated alkanes) is 15. The minimum absolute atomic E-state index is 0. The summed E-state index contributed by atoms with van der Waals surface area (Å²) >= 11 is 0. The molecular weight excluding hydrogens is 375 g/mol. The SMILES string of the molecule is CCCCCCCCCCCCCCCCCCOS(=O)(=O)c1ccccc1.[Li]. The summed E-state index contributed by atoms with van der Waals surface area (Å²) in [5.74, 6) is 0. The molecular formula is C24H42LiO3S. The normalized spacial score (nSPS) is 11.3. The summed E-state index contributed by atoms with van der Waals surface area (Å²) < 4.78 is 29.0. The Morgan fingerprint density at radius 2 is 1.00 bits per heavy atom. The van der Waals surface area contributed by atoms with E-state index in [-0.39, 0.29) is 30.4 Å². The largest absolute Gasteiger partial charge is 0.296 e. The van der Waals surface area contributed by atoms with E-state index in [2.05, 4.69) is 6.92 Å². The number of hydrogen-bond acceptors (Lipinski definition) is 3. The second-order valence-corrected chi connectivity index (χ2v) is 9.51. The summed E-state index contributed by atoms with van der Waals surface area (Å²) in [5, 5.41) is 0. The van der Waals surface area contributed by atoms with Gasteiger partial charge in [-0.1, -0.05) is 121 Å². The van der Waals surface area contributed by atoms with Crippen molar-refractivity contribution in [1.29, 1.82) is 0 Å². The molecule has 163 valence electrons. The molecule has 1 rings (SSSR count). The molecule has 1 radical (unpaired) electrons. The molecule has 0 aromatic heterocycles. The molecule has 3 nitrogen and oxygen atoms in total. The third-order valence-electron chi connectivity index (χ3n) is 5.27. The van der Waals surface area contributed by atoms with E-state index >= 15 is 0 Å². The Bertz CT molecular complexity index is 561. The minimum atomic E-state index is -3.58. The van der Waals surface area contributed by atoms with E-state index in [4.69, 9.17) is 4.18 Å². The van der Waals surface area contributed by atoms with Crippen molar-refractivity contribution in [2.45, 2.75) is 115 Å². The van der Waals surface area contributed by atoms with Gasteiger partial charge < -0.3 is 0 Å². The first-order valence-corrected chi connectivity index (χ1v) is 13.0. The summed E-state index contributed by atoms with van der Waals surface area (Å²) in [7, 11) is -3.58.